The quantitative estimate of drug-likeness (QED) is 0.0760. The number of cyclic esters (lactones) is 1. The van der Waals surface area contributed by atoms with Gasteiger partial charge in [-0.15, -0.1) is 0 Å². The van der Waals surface area contributed by atoms with Crippen molar-refractivity contribution < 1.29 is 48.7 Å². The largest absolute Gasteiger partial charge is 0.457 e. The van der Waals surface area contributed by atoms with Crippen molar-refractivity contribution in [1.29, 1.82) is 0 Å². The Labute approximate surface area is 303 Å². The molecular formula is C38H63N3O10. The Morgan fingerprint density at radius 1 is 1.20 bits per heavy atom. The molecule has 3 rings (SSSR count). The molecule has 3 heterocycles. The summed E-state index contributed by atoms with van der Waals surface area (Å²) < 4.78 is 23.7. The van der Waals surface area contributed by atoms with Gasteiger partial charge in [0.2, 0.25) is 0 Å². The van der Waals surface area contributed by atoms with Crippen molar-refractivity contribution in [2.45, 2.75) is 135 Å². The molecule has 0 bridgehead atoms. The lowest BCUT2D eigenvalue weighted by Gasteiger charge is -2.38. The van der Waals surface area contributed by atoms with Crippen LogP contribution in [-0.4, -0.2) is 130 Å². The topological polar surface area (TPSA) is 185 Å². The number of aliphatic hydroxyl groups excluding tert-OH is 2. The van der Waals surface area contributed by atoms with Crippen LogP contribution in [0.15, 0.2) is 36.0 Å². The van der Waals surface area contributed by atoms with E-state index >= 15 is 0 Å². The molecule has 51 heavy (non-hydrogen) atoms. The first-order valence-corrected chi connectivity index (χ1v) is 18.4. The number of epoxide rings is 1. The summed E-state index contributed by atoms with van der Waals surface area (Å²) in [5.74, 6) is -1.66. The zero-order chi connectivity index (χ0) is 38.1. The number of esters is 2. The average molecular weight is 722 g/mol. The zero-order valence-corrected chi connectivity index (χ0v) is 31.9. The molecule has 5 N–H and O–H groups in total. The summed E-state index contributed by atoms with van der Waals surface area (Å²) in [4.78, 5) is 42.5. The normalized spacial score (nSPS) is 34.4. The molecule has 0 aromatic rings. The Kier molecular flexibility index (Phi) is 15.3. The van der Waals surface area contributed by atoms with E-state index in [9.17, 15) is 29.7 Å². The van der Waals surface area contributed by atoms with Crippen molar-refractivity contribution in [2.24, 2.45) is 17.6 Å². The Balaban J connectivity index is 1.83. The van der Waals surface area contributed by atoms with Crippen molar-refractivity contribution in [1.82, 2.24) is 9.80 Å². The summed E-state index contributed by atoms with van der Waals surface area (Å²) in [7, 11) is 0. The van der Waals surface area contributed by atoms with Crippen LogP contribution in [0.5, 0.6) is 0 Å². The summed E-state index contributed by atoms with van der Waals surface area (Å²) in [5.41, 5.74) is 3.33. The van der Waals surface area contributed by atoms with Gasteiger partial charge in [-0.2, -0.15) is 0 Å². The molecule has 0 aromatic heterocycles. The number of aliphatic hydroxyl groups is 3. The Morgan fingerprint density at radius 3 is 2.47 bits per heavy atom. The van der Waals surface area contributed by atoms with E-state index in [4.69, 9.17) is 24.7 Å². The molecule has 2 saturated heterocycles. The number of carbonyl (C=O) groups is 3. The lowest BCUT2D eigenvalue weighted by Crippen LogP contribution is -2.52. The van der Waals surface area contributed by atoms with Gasteiger partial charge >= 0.3 is 18.0 Å². The fraction of sp³-hybridized carbons (Fsp3) is 0.763. The highest BCUT2D eigenvalue weighted by Crippen LogP contribution is 2.48. The third-order valence-corrected chi connectivity index (χ3v) is 10.7. The summed E-state index contributed by atoms with van der Waals surface area (Å²) in [6, 6.07) is 0. The maximum absolute atomic E-state index is 13.4. The Hall–Kier alpha value is -2.81. The SMILES string of the molecule is CC[C@H](O)[C@@H](C)C1(C)O[C@@H]1CC(C)(O)/C=C/C=C(\C)[C@H]1OC(=O)C[C@H](O)CC[C@@](C)(OC(C)=O)[C@@H](OC(=O)N2CCN(CCN)CC2)/C=C/[C@@H]1C. The summed E-state index contributed by atoms with van der Waals surface area (Å²) in [5, 5.41) is 32.3. The molecule has 1 amide bonds. The maximum atomic E-state index is 13.4. The van der Waals surface area contributed by atoms with Crippen LogP contribution in [-0.2, 0) is 28.5 Å². The molecule has 0 spiro atoms. The monoisotopic (exact) mass is 721 g/mol. The second-order valence-electron chi connectivity index (χ2n) is 15.3. The molecule has 3 aliphatic rings. The average Bonchev–Trinajstić information content (AvgIpc) is 3.71. The van der Waals surface area contributed by atoms with Crippen LogP contribution in [0, 0.1) is 11.8 Å². The van der Waals surface area contributed by atoms with E-state index < -0.39 is 65.2 Å². The van der Waals surface area contributed by atoms with Gasteiger partial charge in [0.25, 0.3) is 0 Å². The molecule has 0 radical (unpaired) electrons. The van der Waals surface area contributed by atoms with Crippen LogP contribution in [0.2, 0.25) is 0 Å². The van der Waals surface area contributed by atoms with Crippen molar-refractivity contribution in [2.75, 3.05) is 39.3 Å². The summed E-state index contributed by atoms with van der Waals surface area (Å²) >= 11 is 0. The number of carbonyl (C=O) groups excluding carboxylic acids is 3. The number of piperazine rings is 1. The molecule has 13 heteroatoms. The molecule has 290 valence electrons. The highest BCUT2D eigenvalue weighted by Gasteiger charge is 2.58. The van der Waals surface area contributed by atoms with Crippen LogP contribution < -0.4 is 5.73 Å². The summed E-state index contributed by atoms with van der Waals surface area (Å²) in [6.07, 6.45) is 5.41. The number of rotatable bonds is 12. The molecule has 0 saturated carbocycles. The van der Waals surface area contributed by atoms with Gasteiger partial charge in [0.15, 0.2) is 6.10 Å². The number of nitrogens with zero attached hydrogens (tertiary/aromatic N) is 2. The smallest absolute Gasteiger partial charge is 0.410 e. The van der Waals surface area contributed by atoms with Gasteiger partial charge in [-0.05, 0) is 58.6 Å². The molecule has 10 atom stereocenters. The standard InChI is InChI=1S/C38H63N3O10/c1-9-30(44)27(4)38(8)32(51-38)24-36(6,47)15-10-11-25(2)34-26(3)12-13-31(48-35(46)41-21-19-40(18-17-39)20-22-41)37(7,50-28(5)42)16-14-29(43)23-33(45)49-34/h10-13,15,26-27,29-32,34,43-44,47H,9,14,16-24,39H2,1-8H3/b13-12+,15-10+,25-11+/t26-,27+,29+,30-,31-,32+,34+,36?,37+,38?/m0/s1. The Bertz CT molecular complexity index is 1280. The van der Waals surface area contributed by atoms with Crippen molar-refractivity contribution >= 4 is 18.0 Å². The van der Waals surface area contributed by atoms with E-state index in [0.29, 0.717) is 51.1 Å². The highest BCUT2D eigenvalue weighted by molar-refractivity contribution is 5.71. The first-order valence-electron chi connectivity index (χ1n) is 18.4. The number of nitrogens with two attached hydrogens (primary N) is 1. The van der Waals surface area contributed by atoms with Crippen molar-refractivity contribution in [3.8, 4) is 0 Å². The minimum atomic E-state index is -1.33. The van der Waals surface area contributed by atoms with Gasteiger partial charge in [0.1, 0.15) is 11.7 Å². The van der Waals surface area contributed by atoms with E-state index in [1.807, 2.05) is 34.6 Å². The molecule has 13 nitrogen and oxygen atoms in total. The molecule has 3 aliphatic heterocycles. The van der Waals surface area contributed by atoms with Gasteiger partial charge in [-0.25, -0.2) is 4.79 Å². The molecule has 0 aliphatic carbocycles. The second-order valence-corrected chi connectivity index (χ2v) is 15.3. The number of hydrogen-bond acceptors (Lipinski definition) is 12. The minimum absolute atomic E-state index is 0.0783. The fourth-order valence-corrected chi connectivity index (χ4v) is 6.99. The Morgan fingerprint density at radius 2 is 1.86 bits per heavy atom. The van der Waals surface area contributed by atoms with Crippen LogP contribution in [0.3, 0.4) is 0 Å². The van der Waals surface area contributed by atoms with Crippen molar-refractivity contribution in [3.63, 3.8) is 0 Å². The van der Waals surface area contributed by atoms with E-state index in [0.717, 1.165) is 6.54 Å². The highest BCUT2D eigenvalue weighted by atomic mass is 16.6. The van der Waals surface area contributed by atoms with E-state index in [1.165, 1.54) is 6.92 Å². The van der Waals surface area contributed by atoms with Crippen LogP contribution >= 0.6 is 0 Å². The molecule has 2 fully saturated rings. The zero-order valence-electron chi connectivity index (χ0n) is 31.9. The first kappa shape index (κ1) is 42.6. The predicted octanol–water partition coefficient (Wildman–Crippen LogP) is 3.25. The van der Waals surface area contributed by atoms with Gasteiger partial charge in [-0.1, -0.05) is 45.1 Å². The maximum Gasteiger partial charge on any atom is 0.410 e. The molecule has 0 aromatic carbocycles. The lowest BCUT2D eigenvalue weighted by molar-refractivity contribution is -0.168. The van der Waals surface area contributed by atoms with Crippen LogP contribution in [0.25, 0.3) is 0 Å². The predicted molar refractivity (Wildman–Crippen MR) is 192 cm³/mol. The third-order valence-electron chi connectivity index (χ3n) is 10.7. The lowest BCUT2D eigenvalue weighted by atomic mass is 9.83. The minimum Gasteiger partial charge on any atom is -0.457 e. The third kappa shape index (κ3) is 12.1. The van der Waals surface area contributed by atoms with Crippen molar-refractivity contribution in [3.05, 3.63) is 36.0 Å². The number of allylic oxidation sites excluding steroid dienone is 2. The van der Waals surface area contributed by atoms with E-state index in [-0.39, 0.29) is 31.3 Å². The van der Waals surface area contributed by atoms with Gasteiger partial charge in [0, 0.05) is 64.4 Å². The second kappa shape index (κ2) is 18.3. The van der Waals surface area contributed by atoms with Gasteiger partial charge in [-0.3, -0.25) is 14.5 Å². The number of amides is 1. The van der Waals surface area contributed by atoms with Gasteiger partial charge in [0.05, 0.1) is 35.9 Å². The van der Waals surface area contributed by atoms with Gasteiger partial charge < -0.3 is 44.9 Å². The first-order chi connectivity index (χ1) is 23.8. The number of hydrogen-bond donors (Lipinski definition) is 4. The van der Waals surface area contributed by atoms with Crippen LogP contribution in [0.1, 0.15) is 87.5 Å². The molecular weight excluding hydrogens is 658 g/mol. The molecule has 2 unspecified atom stereocenters. The van der Waals surface area contributed by atoms with Crippen LogP contribution in [0.4, 0.5) is 4.79 Å². The van der Waals surface area contributed by atoms with E-state index in [2.05, 4.69) is 4.90 Å². The fourth-order valence-electron chi connectivity index (χ4n) is 6.99. The van der Waals surface area contributed by atoms with E-state index in [1.54, 1.807) is 49.1 Å². The summed E-state index contributed by atoms with van der Waals surface area (Å²) in [6.45, 7) is 17.7. The number of ether oxygens (including phenoxy) is 4.